The van der Waals surface area contributed by atoms with Crippen molar-refractivity contribution in [2.45, 2.75) is 0 Å². The van der Waals surface area contributed by atoms with Crippen molar-refractivity contribution in [2.24, 2.45) is 7.05 Å². The van der Waals surface area contributed by atoms with Crippen molar-refractivity contribution in [1.82, 2.24) is 0 Å². The van der Waals surface area contributed by atoms with Gasteiger partial charge in [-0.25, -0.2) is 4.57 Å². The Labute approximate surface area is 98.1 Å². The first kappa shape index (κ1) is 10.5. The van der Waals surface area contributed by atoms with Crippen LogP contribution in [0.3, 0.4) is 0 Å². The fourth-order valence-electron chi connectivity index (χ4n) is 1.49. The molecule has 4 heteroatoms. The number of halogens is 1. The molecule has 0 bridgehead atoms. The molecule has 2 rings (SSSR count). The van der Waals surface area contributed by atoms with Crippen molar-refractivity contribution in [3.05, 3.63) is 34.7 Å². The normalized spacial score (nSPS) is 10.3. The molecule has 1 N–H and O–H groups in total. The topological polar surface area (TPSA) is 15.9 Å². The summed E-state index contributed by atoms with van der Waals surface area (Å²) in [5.74, 6) is 0. The third-order valence-corrected chi connectivity index (χ3v) is 3.60. The highest BCUT2D eigenvalue weighted by atomic mass is 35.5. The zero-order valence-corrected chi connectivity index (χ0v) is 10.2. The van der Waals surface area contributed by atoms with Gasteiger partial charge in [0.15, 0.2) is 0 Å². The molecule has 0 unspecified atom stereocenters. The van der Waals surface area contributed by atoms with Crippen molar-refractivity contribution in [3.8, 4) is 11.3 Å². The molecule has 0 aliphatic carbocycles. The highest BCUT2D eigenvalue weighted by molar-refractivity contribution is 7.13. The van der Waals surface area contributed by atoms with Gasteiger partial charge in [-0.3, -0.25) is 5.32 Å². The highest BCUT2D eigenvalue weighted by Gasteiger charge is 2.13. The van der Waals surface area contributed by atoms with E-state index in [1.165, 1.54) is 11.3 Å². The van der Waals surface area contributed by atoms with Gasteiger partial charge in [-0.05, 0) is 24.3 Å². The van der Waals surface area contributed by atoms with E-state index in [1.807, 2.05) is 38.4 Å². The number of hydrogen-bond donors (Lipinski definition) is 1. The summed E-state index contributed by atoms with van der Waals surface area (Å²) in [5, 5.41) is 7.19. The number of thiazole rings is 1. The minimum atomic E-state index is 0.769. The van der Waals surface area contributed by atoms with Crippen LogP contribution >= 0.6 is 22.9 Å². The zero-order valence-electron chi connectivity index (χ0n) is 8.62. The summed E-state index contributed by atoms with van der Waals surface area (Å²) < 4.78 is 2.13. The molecule has 1 aromatic carbocycles. The van der Waals surface area contributed by atoms with Crippen LogP contribution in [0.25, 0.3) is 11.3 Å². The summed E-state index contributed by atoms with van der Waals surface area (Å²) in [7, 11) is 3.98. The van der Waals surface area contributed by atoms with Gasteiger partial charge in [0, 0.05) is 16.0 Å². The summed E-state index contributed by atoms with van der Waals surface area (Å²) in [6, 6.07) is 7.88. The van der Waals surface area contributed by atoms with Crippen LogP contribution in [0.1, 0.15) is 0 Å². The molecule has 2 nitrogen and oxygen atoms in total. The predicted molar refractivity (Wildman–Crippen MR) is 65.5 cm³/mol. The standard InChI is InChI=1S/C11H11ClN2S/c1-13-11-14(2)10(7-15-11)8-3-5-9(12)6-4-8/h3-7H,1-2H3/p+1. The lowest BCUT2D eigenvalue weighted by Crippen LogP contribution is -2.30. The second-order valence-corrected chi connectivity index (χ2v) is 4.54. The van der Waals surface area contributed by atoms with Gasteiger partial charge >= 0.3 is 5.13 Å². The molecule has 0 saturated carbocycles. The average Bonchev–Trinajstić information content (AvgIpc) is 2.61. The molecule has 1 aromatic heterocycles. The van der Waals surface area contributed by atoms with E-state index in [9.17, 15) is 0 Å². The minimum Gasteiger partial charge on any atom is -0.268 e. The summed E-state index contributed by atoms with van der Waals surface area (Å²) in [6.07, 6.45) is 0. The zero-order chi connectivity index (χ0) is 10.8. The van der Waals surface area contributed by atoms with Gasteiger partial charge in [-0.2, -0.15) is 0 Å². The van der Waals surface area contributed by atoms with Crippen LogP contribution in [-0.2, 0) is 7.05 Å². The van der Waals surface area contributed by atoms with Gasteiger partial charge in [-0.15, -0.1) is 0 Å². The minimum absolute atomic E-state index is 0.769. The maximum absolute atomic E-state index is 5.85. The van der Waals surface area contributed by atoms with Gasteiger partial charge in [0.2, 0.25) is 0 Å². The fraction of sp³-hybridized carbons (Fsp3) is 0.182. The first-order valence-corrected chi connectivity index (χ1v) is 5.89. The molecule has 2 aromatic rings. The number of aromatic nitrogens is 1. The van der Waals surface area contributed by atoms with Crippen LogP contribution in [-0.4, -0.2) is 7.05 Å². The number of rotatable bonds is 2. The Hall–Kier alpha value is -1.06. The number of hydrogen-bond acceptors (Lipinski definition) is 2. The Bertz CT molecular complexity index is 462. The van der Waals surface area contributed by atoms with Gasteiger partial charge in [0.25, 0.3) is 0 Å². The summed E-state index contributed by atoms with van der Waals surface area (Å²) in [4.78, 5) is 0. The van der Waals surface area contributed by atoms with Crippen LogP contribution in [0, 0.1) is 0 Å². The Morgan fingerprint density at radius 1 is 1.27 bits per heavy atom. The molecule has 0 radical (unpaired) electrons. The van der Waals surface area contributed by atoms with Crippen LogP contribution in [0.4, 0.5) is 5.13 Å². The van der Waals surface area contributed by atoms with E-state index in [1.54, 1.807) is 11.3 Å². The molecule has 0 fully saturated rings. The molecule has 0 aliphatic heterocycles. The second kappa shape index (κ2) is 4.21. The number of nitrogens with zero attached hydrogens (tertiary/aromatic N) is 1. The van der Waals surface area contributed by atoms with Crippen molar-refractivity contribution in [1.29, 1.82) is 0 Å². The molecular formula is C11H12ClN2S+. The van der Waals surface area contributed by atoms with E-state index in [4.69, 9.17) is 11.6 Å². The Balaban J connectivity index is 2.45. The number of nitrogens with one attached hydrogen (secondary N) is 1. The predicted octanol–water partition coefficient (Wildman–Crippen LogP) is 2.93. The van der Waals surface area contributed by atoms with Crippen molar-refractivity contribution >= 4 is 28.1 Å². The molecule has 78 valence electrons. The van der Waals surface area contributed by atoms with E-state index >= 15 is 0 Å². The van der Waals surface area contributed by atoms with Crippen molar-refractivity contribution in [2.75, 3.05) is 12.4 Å². The monoisotopic (exact) mass is 239 g/mol. The van der Waals surface area contributed by atoms with Gasteiger partial charge in [-0.1, -0.05) is 22.9 Å². The summed E-state index contributed by atoms with van der Waals surface area (Å²) >= 11 is 7.55. The van der Waals surface area contributed by atoms with E-state index in [0.717, 1.165) is 10.2 Å². The molecule has 0 amide bonds. The number of anilines is 1. The van der Waals surface area contributed by atoms with Gasteiger partial charge in [0.1, 0.15) is 5.69 Å². The Morgan fingerprint density at radius 2 is 1.93 bits per heavy atom. The lowest BCUT2D eigenvalue weighted by molar-refractivity contribution is -0.641. The van der Waals surface area contributed by atoms with E-state index in [-0.39, 0.29) is 0 Å². The average molecular weight is 240 g/mol. The van der Waals surface area contributed by atoms with E-state index in [2.05, 4.69) is 15.3 Å². The molecule has 1 heterocycles. The van der Waals surface area contributed by atoms with Crippen LogP contribution in [0.15, 0.2) is 29.6 Å². The second-order valence-electron chi connectivity index (χ2n) is 3.24. The Morgan fingerprint density at radius 3 is 2.47 bits per heavy atom. The number of benzene rings is 1. The largest absolute Gasteiger partial charge is 0.333 e. The molecule has 0 aliphatic rings. The maximum Gasteiger partial charge on any atom is 0.333 e. The smallest absolute Gasteiger partial charge is 0.268 e. The van der Waals surface area contributed by atoms with E-state index in [0.29, 0.717) is 0 Å². The van der Waals surface area contributed by atoms with Crippen LogP contribution in [0.2, 0.25) is 5.02 Å². The SMILES string of the molecule is CNc1scc(-c2ccc(Cl)cc2)[n+]1C. The lowest BCUT2D eigenvalue weighted by Gasteiger charge is -1.99. The molecule has 15 heavy (non-hydrogen) atoms. The first-order valence-electron chi connectivity index (χ1n) is 4.63. The molecule has 0 spiro atoms. The lowest BCUT2D eigenvalue weighted by atomic mass is 10.2. The third kappa shape index (κ3) is 1.98. The van der Waals surface area contributed by atoms with Gasteiger partial charge in [0.05, 0.1) is 14.1 Å². The van der Waals surface area contributed by atoms with Crippen LogP contribution < -0.4 is 9.88 Å². The van der Waals surface area contributed by atoms with Crippen molar-refractivity contribution in [3.63, 3.8) is 0 Å². The fourth-order valence-corrected chi connectivity index (χ4v) is 2.51. The Kier molecular flexibility index (Phi) is 2.93. The molecular weight excluding hydrogens is 228 g/mol. The van der Waals surface area contributed by atoms with Crippen molar-refractivity contribution < 1.29 is 4.57 Å². The molecule has 0 atom stereocenters. The third-order valence-electron chi connectivity index (χ3n) is 2.30. The quantitative estimate of drug-likeness (QED) is 0.797. The van der Waals surface area contributed by atoms with E-state index < -0.39 is 0 Å². The summed E-state index contributed by atoms with van der Waals surface area (Å²) in [6.45, 7) is 0. The first-order chi connectivity index (χ1) is 7.22. The van der Waals surface area contributed by atoms with Crippen LogP contribution in [0.5, 0.6) is 0 Å². The highest BCUT2D eigenvalue weighted by Crippen LogP contribution is 2.23. The summed E-state index contributed by atoms with van der Waals surface area (Å²) in [5.41, 5.74) is 2.38. The maximum atomic E-state index is 5.85. The molecule has 0 saturated heterocycles. The van der Waals surface area contributed by atoms with Gasteiger partial charge < -0.3 is 0 Å².